The van der Waals surface area contributed by atoms with Crippen LogP contribution in [-0.2, 0) is 41.4 Å². The van der Waals surface area contributed by atoms with Gasteiger partial charge in [0.1, 0.15) is 23.9 Å². The molecule has 12 nitrogen and oxygen atoms in total. The second kappa shape index (κ2) is 14.1. The highest BCUT2D eigenvalue weighted by molar-refractivity contribution is 6.05. The van der Waals surface area contributed by atoms with Gasteiger partial charge in [0.15, 0.2) is 17.3 Å². The minimum Gasteiger partial charge on any atom is -0.493 e. The largest absolute Gasteiger partial charge is 0.493 e. The fourth-order valence-corrected chi connectivity index (χ4v) is 9.38. The molecule has 12 heteroatoms. The molecule has 2 heterocycles. The van der Waals surface area contributed by atoms with Crippen molar-refractivity contribution in [3.63, 3.8) is 0 Å². The first-order valence-electron chi connectivity index (χ1n) is 18.6. The smallest absolute Gasteiger partial charge is 0.415 e. The maximum atomic E-state index is 13.9. The van der Waals surface area contributed by atoms with Gasteiger partial charge < -0.3 is 44.2 Å². The van der Waals surface area contributed by atoms with Crippen LogP contribution >= 0.6 is 0 Å². The van der Waals surface area contributed by atoms with E-state index >= 15 is 0 Å². The number of carbonyl (C=O) groups excluding carboxylic acids is 3. The van der Waals surface area contributed by atoms with E-state index in [-0.39, 0.29) is 42.6 Å². The van der Waals surface area contributed by atoms with Gasteiger partial charge in [-0.1, -0.05) is 62.1 Å². The first-order chi connectivity index (χ1) is 25.7. The molecule has 1 amide bonds. The molecule has 0 aromatic heterocycles. The standard InChI is InChI=1S/C42H50N2O10/c1-25(2)40-21-27(4)42-31(37(40)52-41(53-40,54-42)23-28-11-8-7-9-12-28)18-30(22-39(48)34(42)17-26(3)36(39)46)24-50-35(45)20-29-13-14-32(33(19-29)49-6)51-38(47)44(5)16-10-15-43/h7-9,11-14,17-19,27,31,34,37,48H,1,10,15-16,20-24,43H2,2-6H3/t27-,31+,34-,37-,39-,40-,41-,42-/m1/s1. The molecule has 7 rings (SSSR count). The number of hydrogen-bond donors (Lipinski definition) is 2. The molecule has 0 unspecified atom stereocenters. The van der Waals surface area contributed by atoms with E-state index in [0.29, 0.717) is 49.1 Å². The minimum absolute atomic E-state index is 0.0428. The molecule has 2 aromatic carbocycles. The number of aliphatic hydroxyl groups is 1. The van der Waals surface area contributed by atoms with Crippen LogP contribution in [0.5, 0.6) is 11.5 Å². The number of fused-ring (bicyclic) bond motifs is 2. The molecule has 0 spiro atoms. The number of amides is 1. The maximum absolute atomic E-state index is 13.9. The van der Waals surface area contributed by atoms with Crippen molar-refractivity contribution < 1.29 is 47.9 Å². The van der Waals surface area contributed by atoms with E-state index in [0.717, 1.165) is 11.1 Å². The fourth-order valence-electron chi connectivity index (χ4n) is 9.38. The highest BCUT2D eigenvalue weighted by Crippen LogP contribution is 2.68. The summed E-state index contributed by atoms with van der Waals surface area (Å²) in [5.74, 6) is -3.26. The van der Waals surface area contributed by atoms with E-state index < -0.39 is 52.8 Å². The van der Waals surface area contributed by atoms with Gasteiger partial charge >= 0.3 is 12.1 Å². The summed E-state index contributed by atoms with van der Waals surface area (Å²) in [7, 11) is 3.07. The zero-order valence-corrected chi connectivity index (χ0v) is 31.6. The molecule has 2 saturated heterocycles. The van der Waals surface area contributed by atoms with Gasteiger partial charge in [-0.05, 0) is 79.1 Å². The molecule has 0 radical (unpaired) electrons. The molecule has 54 heavy (non-hydrogen) atoms. The van der Waals surface area contributed by atoms with Crippen LogP contribution in [0.2, 0.25) is 0 Å². The lowest BCUT2D eigenvalue weighted by molar-refractivity contribution is -0.421. The van der Waals surface area contributed by atoms with Gasteiger partial charge in [-0.25, -0.2) is 4.79 Å². The predicted molar refractivity (Wildman–Crippen MR) is 197 cm³/mol. The van der Waals surface area contributed by atoms with Gasteiger partial charge in [0.2, 0.25) is 0 Å². The average molecular weight is 743 g/mol. The SMILES string of the molecule is C=C(C)[C@]12C[C@@H](C)[C@@]34O[C@](Cc5ccccc5)(O[C@@H]1[C@@H]3C=C(COC(=O)Cc1ccc(OC(=O)N(C)CCCN)c(OC)c1)C[C@]1(O)C(=O)C(C)=C[C@@H]41)O2. The Kier molecular flexibility index (Phi) is 9.89. The zero-order chi connectivity index (χ0) is 38.6. The number of hydrogen-bond acceptors (Lipinski definition) is 11. The minimum atomic E-state index is -1.84. The van der Waals surface area contributed by atoms with E-state index in [1.54, 1.807) is 32.2 Å². The summed E-state index contributed by atoms with van der Waals surface area (Å²) in [4.78, 5) is 41.2. The molecule has 3 N–H and O–H groups in total. The van der Waals surface area contributed by atoms with Crippen molar-refractivity contribution in [3.8, 4) is 11.5 Å². The van der Waals surface area contributed by atoms with Crippen LogP contribution in [-0.4, -0.2) is 90.6 Å². The Hall–Kier alpha value is -4.33. The van der Waals surface area contributed by atoms with Crippen LogP contribution in [0, 0.1) is 17.8 Å². The third-order valence-corrected chi connectivity index (χ3v) is 11.9. The number of Topliss-reactive ketones (excluding diaryl/α,β-unsaturated/α-hetero) is 1. The number of nitrogens with zero attached hydrogens (tertiary/aromatic N) is 1. The van der Waals surface area contributed by atoms with Crippen molar-refractivity contribution in [2.24, 2.45) is 23.5 Å². The molecular weight excluding hydrogens is 692 g/mol. The third-order valence-electron chi connectivity index (χ3n) is 11.9. The summed E-state index contributed by atoms with van der Waals surface area (Å²) < 4.78 is 37.8. The number of ketones is 1. The van der Waals surface area contributed by atoms with E-state index in [9.17, 15) is 19.5 Å². The second-order valence-electron chi connectivity index (χ2n) is 15.6. The lowest BCUT2D eigenvalue weighted by Crippen LogP contribution is -2.70. The Balaban J connectivity index is 1.15. The lowest BCUT2D eigenvalue weighted by Gasteiger charge is -2.59. The number of ether oxygens (including phenoxy) is 6. The first-order valence-corrected chi connectivity index (χ1v) is 18.6. The van der Waals surface area contributed by atoms with Crippen LogP contribution < -0.4 is 15.2 Å². The zero-order valence-electron chi connectivity index (χ0n) is 31.6. The van der Waals surface area contributed by atoms with Gasteiger partial charge in [0, 0.05) is 31.8 Å². The van der Waals surface area contributed by atoms with E-state index in [2.05, 4.69) is 13.5 Å². The Morgan fingerprint density at radius 2 is 1.85 bits per heavy atom. The number of carbonyl (C=O) groups is 3. The normalized spacial score (nSPS) is 33.2. The van der Waals surface area contributed by atoms with Crippen LogP contribution in [0.15, 0.2) is 84.0 Å². The number of rotatable bonds is 12. The molecule has 288 valence electrons. The fraction of sp³-hybridized carbons (Fsp3) is 0.500. The quantitative estimate of drug-likeness (QED) is 0.227. The molecule has 3 bridgehead atoms. The number of esters is 1. The summed E-state index contributed by atoms with van der Waals surface area (Å²) in [5.41, 5.74) is 5.13. The third kappa shape index (κ3) is 6.18. The van der Waals surface area contributed by atoms with E-state index in [4.69, 9.17) is 34.2 Å². The van der Waals surface area contributed by atoms with Gasteiger partial charge in [-0.2, -0.15) is 0 Å². The van der Waals surface area contributed by atoms with Gasteiger partial charge in [-0.3, -0.25) is 9.59 Å². The number of nitrogens with two attached hydrogens (primary N) is 1. The van der Waals surface area contributed by atoms with Crippen molar-refractivity contribution in [2.75, 3.05) is 33.9 Å². The summed E-state index contributed by atoms with van der Waals surface area (Å²) in [5, 5.41) is 12.5. The van der Waals surface area contributed by atoms with Crippen molar-refractivity contribution in [2.45, 2.75) is 81.8 Å². The summed E-state index contributed by atoms with van der Waals surface area (Å²) in [6.07, 6.45) is 4.06. The van der Waals surface area contributed by atoms with Crippen molar-refractivity contribution in [1.82, 2.24) is 4.90 Å². The first kappa shape index (κ1) is 38.0. The number of methoxy groups -OCH3 is 1. The topological polar surface area (TPSA) is 156 Å². The van der Waals surface area contributed by atoms with Gasteiger partial charge in [0.05, 0.1) is 25.6 Å². The molecule has 2 aliphatic heterocycles. The van der Waals surface area contributed by atoms with Crippen molar-refractivity contribution in [1.29, 1.82) is 0 Å². The van der Waals surface area contributed by atoms with Gasteiger partial charge in [0.25, 0.3) is 5.97 Å². The van der Waals surface area contributed by atoms with E-state index in [1.165, 1.54) is 12.0 Å². The average Bonchev–Trinajstić information content (AvgIpc) is 3.45. The molecular formula is C42H50N2O10. The molecule has 3 fully saturated rings. The molecule has 2 aromatic rings. The molecule has 3 aliphatic carbocycles. The summed E-state index contributed by atoms with van der Waals surface area (Å²) in [6, 6.07) is 14.7. The Morgan fingerprint density at radius 1 is 1.09 bits per heavy atom. The second-order valence-corrected chi connectivity index (χ2v) is 15.6. The monoisotopic (exact) mass is 742 g/mol. The maximum Gasteiger partial charge on any atom is 0.415 e. The van der Waals surface area contributed by atoms with Crippen LogP contribution in [0.4, 0.5) is 4.79 Å². The van der Waals surface area contributed by atoms with Crippen LogP contribution in [0.25, 0.3) is 0 Å². The van der Waals surface area contributed by atoms with Gasteiger partial charge in [-0.15, -0.1) is 0 Å². The van der Waals surface area contributed by atoms with Crippen molar-refractivity contribution in [3.05, 3.63) is 95.1 Å². The molecule has 5 aliphatic rings. The highest BCUT2D eigenvalue weighted by atomic mass is 16.9. The lowest BCUT2D eigenvalue weighted by atomic mass is 9.55. The van der Waals surface area contributed by atoms with Crippen LogP contribution in [0.3, 0.4) is 0 Å². The highest BCUT2D eigenvalue weighted by Gasteiger charge is 2.79. The number of benzene rings is 2. The summed E-state index contributed by atoms with van der Waals surface area (Å²) in [6.45, 7) is 10.8. The van der Waals surface area contributed by atoms with E-state index in [1.807, 2.05) is 49.4 Å². The predicted octanol–water partition coefficient (Wildman–Crippen LogP) is 4.82. The molecule has 1 saturated carbocycles. The Morgan fingerprint density at radius 3 is 2.56 bits per heavy atom. The summed E-state index contributed by atoms with van der Waals surface area (Å²) >= 11 is 0. The molecule has 8 atom stereocenters. The van der Waals surface area contributed by atoms with Crippen LogP contribution in [0.1, 0.15) is 51.2 Å². The Bertz CT molecular complexity index is 1910. The van der Waals surface area contributed by atoms with Crippen molar-refractivity contribution >= 4 is 17.8 Å². The Labute approximate surface area is 315 Å².